The molecule has 1 fully saturated rings. The van der Waals surface area contributed by atoms with Gasteiger partial charge in [-0.3, -0.25) is 0 Å². The van der Waals surface area contributed by atoms with Crippen LogP contribution in [-0.2, 0) is 4.74 Å². The van der Waals surface area contributed by atoms with Crippen molar-refractivity contribution in [2.24, 2.45) is 5.92 Å². The van der Waals surface area contributed by atoms with Gasteiger partial charge in [0.15, 0.2) is 0 Å². The van der Waals surface area contributed by atoms with Gasteiger partial charge in [-0.25, -0.2) is 0 Å². The van der Waals surface area contributed by atoms with Crippen molar-refractivity contribution in [3.63, 3.8) is 0 Å². The van der Waals surface area contributed by atoms with Gasteiger partial charge in [-0.15, -0.1) is 0 Å². The lowest BCUT2D eigenvalue weighted by Gasteiger charge is -2.19. The molecule has 0 bridgehead atoms. The Morgan fingerprint density at radius 1 is 1.29 bits per heavy atom. The van der Waals surface area contributed by atoms with Crippen LogP contribution in [0.1, 0.15) is 37.8 Å². The molecular formula is C15H23NO. The molecule has 1 aromatic rings. The summed E-state index contributed by atoms with van der Waals surface area (Å²) in [6.07, 6.45) is 3.88. The van der Waals surface area contributed by atoms with Crippen molar-refractivity contribution in [3.05, 3.63) is 35.9 Å². The largest absolute Gasteiger partial charge is 0.379 e. The zero-order valence-corrected chi connectivity index (χ0v) is 10.7. The Hall–Kier alpha value is -0.860. The van der Waals surface area contributed by atoms with Crippen LogP contribution in [-0.4, -0.2) is 19.8 Å². The first-order valence-corrected chi connectivity index (χ1v) is 6.76. The molecule has 0 aromatic heterocycles. The molecule has 2 rings (SSSR count). The standard InChI is InChI=1S/C15H23NO/c1-2-10-16-15(12-17-11-13-8-9-13)14-6-4-3-5-7-14/h3-7,13,15-16H,2,8-12H2,1H3. The van der Waals surface area contributed by atoms with E-state index in [2.05, 4.69) is 42.6 Å². The normalized spacial score (nSPS) is 17.0. The minimum absolute atomic E-state index is 0.342. The summed E-state index contributed by atoms with van der Waals surface area (Å²) in [6, 6.07) is 10.9. The van der Waals surface area contributed by atoms with E-state index in [4.69, 9.17) is 4.74 Å². The molecule has 17 heavy (non-hydrogen) atoms. The molecule has 0 amide bonds. The lowest BCUT2D eigenvalue weighted by molar-refractivity contribution is 0.103. The highest BCUT2D eigenvalue weighted by Gasteiger charge is 2.22. The lowest BCUT2D eigenvalue weighted by Crippen LogP contribution is -2.26. The van der Waals surface area contributed by atoms with Gasteiger partial charge < -0.3 is 10.1 Å². The second kappa shape index (κ2) is 6.77. The summed E-state index contributed by atoms with van der Waals surface area (Å²) in [6.45, 7) is 4.98. The van der Waals surface area contributed by atoms with Crippen molar-refractivity contribution in [2.75, 3.05) is 19.8 Å². The minimum Gasteiger partial charge on any atom is -0.379 e. The van der Waals surface area contributed by atoms with Crippen LogP contribution in [0.15, 0.2) is 30.3 Å². The van der Waals surface area contributed by atoms with Gasteiger partial charge in [0.1, 0.15) is 0 Å². The Morgan fingerprint density at radius 3 is 2.71 bits per heavy atom. The highest BCUT2D eigenvalue weighted by molar-refractivity contribution is 5.18. The Bertz CT molecular complexity index is 308. The Morgan fingerprint density at radius 2 is 2.06 bits per heavy atom. The SMILES string of the molecule is CCCNC(COCC1CC1)c1ccccc1. The molecule has 2 nitrogen and oxygen atoms in total. The first kappa shape index (κ1) is 12.6. The van der Waals surface area contributed by atoms with Gasteiger partial charge >= 0.3 is 0 Å². The highest BCUT2D eigenvalue weighted by Crippen LogP contribution is 2.29. The van der Waals surface area contributed by atoms with E-state index in [1.54, 1.807) is 0 Å². The van der Waals surface area contributed by atoms with Crippen LogP contribution in [0.25, 0.3) is 0 Å². The van der Waals surface area contributed by atoms with Gasteiger partial charge in [0, 0.05) is 6.61 Å². The van der Waals surface area contributed by atoms with Crippen LogP contribution in [0.4, 0.5) is 0 Å². The van der Waals surface area contributed by atoms with Crippen LogP contribution in [0.5, 0.6) is 0 Å². The van der Waals surface area contributed by atoms with Gasteiger partial charge in [-0.05, 0) is 37.3 Å². The molecule has 1 aliphatic carbocycles. The summed E-state index contributed by atoms with van der Waals surface area (Å²) >= 11 is 0. The molecule has 0 radical (unpaired) electrons. The fourth-order valence-electron chi connectivity index (χ4n) is 1.91. The second-order valence-electron chi connectivity index (χ2n) is 4.90. The van der Waals surface area contributed by atoms with E-state index in [0.29, 0.717) is 6.04 Å². The number of hydrogen-bond donors (Lipinski definition) is 1. The van der Waals surface area contributed by atoms with Crippen molar-refractivity contribution in [2.45, 2.75) is 32.2 Å². The van der Waals surface area contributed by atoms with Gasteiger partial charge in [-0.2, -0.15) is 0 Å². The number of benzene rings is 1. The summed E-state index contributed by atoms with van der Waals surface area (Å²) in [5.41, 5.74) is 1.33. The van der Waals surface area contributed by atoms with E-state index in [-0.39, 0.29) is 0 Å². The molecule has 2 heteroatoms. The summed E-state index contributed by atoms with van der Waals surface area (Å²) < 4.78 is 5.81. The monoisotopic (exact) mass is 233 g/mol. The topological polar surface area (TPSA) is 21.3 Å². The molecule has 0 saturated heterocycles. The molecule has 0 aliphatic heterocycles. The Labute approximate surface area is 104 Å². The molecule has 1 unspecified atom stereocenters. The summed E-state index contributed by atoms with van der Waals surface area (Å²) in [7, 11) is 0. The van der Waals surface area contributed by atoms with Crippen molar-refractivity contribution in [1.29, 1.82) is 0 Å². The van der Waals surface area contributed by atoms with Crippen LogP contribution in [0.3, 0.4) is 0 Å². The maximum atomic E-state index is 5.81. The van der Waals surface area contributed by atoms with Crippen molar-refractivity contribution >= 4 is 0 Å². The summed E-state index contributed by atoms with van der Waals surface area (Å²) in [5, 5.41) is 3.55. The van der Waals surface area contributed by atoms with E-state index < -0.39 is 0 Å². The number of hydrogen-bond acceptors (Lipinski definition) is 2. The van der Waals surface area contributed by atoms with Crippen LogP contribution in [0.2, 0.25) is 0 Å². The van der Waals surface area contributed by atoms with Gasteiger partial charge in [0.2, 0.25) is 0 Å². The smallest absolute Gasteiger partial charge is 0.0661 e. The molecule has 1 aromatic carbocycles. The Balaban J connectivity index is 1.82. The molecule has 1 atom stereocenters. The van der Waals surface area contributed by atoms with E-state index in [9.17, 15) is 0 Å². The molecule has 1 saturated carbocycles. The zero-order valence-electron chi connectivity index (χ0n) is 10.7. The number of nitrogens with one attached hydrogen (secondary N) is 1. The molecule has 1 aliphatic rings. The van der Waals surface area contributed by atoms with Gasteiger partial charge in [-0.1, -0.05) is 37.3 Å². The Kier molecular flexibility index (Phi) is 5.02. The third kappa shape index (κ3) is 4.49. The summed E-state index contributed by atoms with van der Waals surface area (Å²) in [4.78, 5) is 0. The van der Waals surface area contributed by atoms with Crippen molar-refractivity contribution in [1.82, 2.24) is 5.32 Å². The molecular weight excluding hydrogens is 210 g/mol. The number of rotatable bonds is 8. The first-order chi connectivity index (χ1) is 8.40. The third-order valence-electron chi connectivity index (χ3n) is 3.18. The predicted octanol–water partition coefficient (Wildman–Crippen LogP) is 3.15. The van der Waals surface area contributed by atoms with Crippen LogP contribution >= 0.6 is 0 Å². The van der Waals surface area contributed by atoms with Crippen molar-refractivity contribution < 1.29 is 4.74 Å². The minimum atomic E-state index is 0.342. The van der Waals surface area contributed by atoms with Gasteiger partial charge in [0.05, 0.1) is 12.6 Å². The van der Waals surface area contributed by atoms with E-state index in [1.807, 2.05) is 0 Å². The maximum Gasteiger partial charge on any atom is 0.0661 e. The van der Waals surface area contributed by atoms with Gasteiger partial charge in [0.25, 0.3) is 0 Å². The maximum absolute atomic E-state index is 5.81. The third-order valence-corrected chi connectivity index (χ3v) is 3.18. The van der Waals surface area contributed by atoms with Crippen LogP contribution in [0, 0.1) is 5.92 Å². The quantitative estimate of drug-likeness (QED) is 0.744. The lowest BCUT2D eigenvalue weighted by atomic mass is 10.1. The molecule has 1 N–H and O–H groups in total. The van der Waals surface area contributed by atoms with Crippen molar-refractivity contribution in [3.8, 4) is 0 Å². The second-order valence-corrected chi connectivity index (χ2v) is 4.90. The number of ether oxygens (including phenoxy) is 1. The predicted molar refractivity (Wildman–Crippen MR) is 71.0 cm³/mol. The average Bonchev–Trinajstić information content (AvgIpc) is 3.19. The summed E-state index contributed by atoms with van der Waals surface area (Å²) in [5.74, 6) is 0.845. The highest BCUT2D eigenvalue weighted by atomic mass is 16.5. The van der Waals surface area contributed by atoms with E-state index in [1.165, 1.54) is 18.4 Å². The molecule has 94 valence electrons. The molecule has 0 heterocycles. The zero-order chi connectivity index (χ0) is 11.9. The fraction of sp³-hybridized carbons (Fsp3) is 0.600. The fourth-order valence-corrected chi connectivity index (χ4v) is 1.91. The molecule has 0 spiro atoms. The van der Waals surface area contributed by atoms with E-state index in [0.717, 1.165) is 32.1 Å². The van der Waals surface area contributed by atoms with Crippen LogP contribution < -0.4 is 5.32 Å². The van der Waals surface area contributed by atoms with E-state index >= 15 is 0 Å². The first-order valence-electron chi connectivity index (χ1n) is 6.76. The average molecular weight is 233 g/mol.